The van der Waals surface area contributed by atoms with Gasteiger partial charge in [0, 0.05) is 0 Å². The summed E-state index contributed by atoms with van der Waals surface area (Å²) in [6.45, 7) is 0. The van der Waals surface area contributed by atoms with Crippen molar-refractivity contribution in [1.82, 2.24) is 0 Å². The summed E-state index contributed by atoms with van der Waals surface area (Å²) in [5, 5.41) is 0. The highest BCUT2D eigenvalue weighted by molar-refractivity contribution is 7.82. The van der Waals surface area contributed by atoms with Crippen LogP contribution in [0.1, 0.15) is 0 Å². The first-order chi connectivity index (χ1) is 6.91. The Morgan fingerprint density at radius 2 is 1.33 bits per heavy atom. The lowest BCUT2D eigenvalue weighted by Gasteiger charge is -2.09. The van der Waals surface area contributed by atoms with Crippen molar-refractivity contribution >= 4 is 22.3 Å². The van der Waals surface area contributed by atoms with Gasteiger partial charge in [-0.15, -0.1) is 0 Å². The molecule has 0 bridgehead atoms. The van der Waals surface area contributed by atoms with Crippen LogP contribution in [0.5, 0.6) is 0 Å². The molecule has 1 rings (SSSR count). The number of hydrogen-bond acceptors (Lipinski definition) is 8. The molecular formula is C6H8O8S. The van der Waals surface area contributed by atoms with Crippen LogP contribution >= 0.6 is 0 Å². The fourth-order valence-corrected chi connectivity index (χ4v) is 1.85. The van der Waals surface area contributed by atoms with Gasteiger partial charge in [0.25, 0.3) is 0 Å². The van der Waals surface area contributed by atoms with Gasteiger partial charge in [0.2, 0.25) is 12.2 Å². The smallest absolute Gasteiger partial charge is 0.401 e. The SMILES string of the molecule is COC(=O)C1OS(=O)(=O)O[C@H]1C(=O)OC. The molecule has 1 fully saturated rings. The van der Waals surface area contributed by atoms with Crippen LogP contribution in [-0.2, 0) is 37.8 Å². The minimum Gasteiger partial charge on any atom is -0.467 e. The Morgan fingerprint density at radius 3 is 1.60 bits per heavy atom. The maximum Gasteiger partial charge on any atom is 0.401 e. The summed E-state index contributed by atoms with van der Waals surface area (Å²) < 4.78 is 38.6. The number of rotatable bonds is 2. The predicted octanol–water partition coefficient (Wildman–Crippen LogP) is -1.64. The molecule has 0 spiro atoms. The monoisotopic (exact) mass is 240 g/mol. The zero-order valence-electron chi connectivity index (χ0n) is 7.83. The average molecular weight is 240 g/mol. The molecule has 15 heavy (non-hydrogen) atoms. The average Bonchev–Trinajstić information content (AvgIpc) is 2.52. The van der Waals surface area contributed by atoms with Crippen molar-refractivity contribution in [3.63, 3.8) is 0 Å². The summed E-state index contributed by atoms with van der Waals surface area (Å²) in [7, 11) is -2.32. The molecule has 0 aliphatic carbocycles. The zero-order valence-corrected chi connectivity index (χ0v) is 8.65. The van der Waals surface area contributed by atoms with Crippen LogP contribution in [0.2, 0.25) is 0 Å². The second kappa shape index (κ2) is 4.13. The standard InChI is InChI=1S/C6H8O8S/c1-11-5(7)3-4(6(8)12-2)14-15(9,10)13-3/h3-4H,1-2H3/t3-,4?/m1/s1. The quantitative estimate of drug-likeness (QED) is 0.529. The van der Waals surface area contributed by atoms with Gasteiger partial charge in [0.05, 0.1) is 14.2 Å². The Morgan fingerprint density at radius 1 is 1.00 bits per heavy atom. The molecule has 9 heteroatoms. The molecule has 0 radical (unpaired) electrons. The summed E-state index contributed by atoms with van der Waals surface area (Å²) in [6.07, 6.45) is -3.32. The lowest BCUT2D eigenvalue weighted by atomic mass is 10.2. The molecule has 1 aliphatic rings. The van der Waals surface area contributed by atoms with E-state index in [0.717, 1.165) is 14.2 Å². The highest BCUT2D eigenvalue weighted by atomic mass is 32.3. The Hall–Kier alpha value is -1.19. The van der Waals surface area contributed by atoms with Gasteiger partial charge in [-0.2, -0.15) is 8.42 Å². The van der Waals surface area contributed by atoms with Crippen molar-refractivity contribution in [3.05, 3.63) is 0 Å². The van der Waals surface area contributed by atoms with E-state index in [1.165, 1.54) is 0 Å². The molecule has 0 N–H and O–H groups in total. The lowest BCUT2D eigenvalue weighted by Crippen LogP contribution is -2.38. The van der Waals surface area contributed by atoms with Gasteiger partial charge in [0.15, 0.2) is 0 Å². The van der Waals surface area contributed by atoms with Crippen molar-refractivity contribution in [1.29, 1.82) is 0 Å². The lowest BCUT2D eigenvalue weighted by molar-refractivity contribution is -0.160. The van der Waals surface area contributed by atoms with Gasteiger partial charge < -0.3 is 9.47 Å². The van der Waals surface area contributed by atoms with Gasteiger partial charge in [-0.3, -0.25) is 0 Å². The van der Waals surface area contributed by atoms with Crippen LogP contribution < -0.4 is 0 Å². The molecule has 2 atom stereocenters. The van der Waals surface area contributed by atoms with Crippen molar-refractivity contribution in [3.8, 4) is 0 Å². The topological polar surface area (TPSA) is 105 Å². The van der Waals surface area contributed by atoms with Gasteiger partial charge in [-0.05, 0) is 0 Å². The second-order valence-corrected chi connectivity index (χ2v) is 3.69. The maximum atomic E-state index is 11.0. The molecule has 0 aromatic rings. The van der Waals surface area contributed by atoms with E-state index in [1.807, 2.05) is 0 Å². The van der Waals surface area contributed by atoms with E-state index in [1.54, 1.807) is 0 Å². The van der Waals surface area contributed by atoms with E-state index in [9.17, 15) is 18.0 Å². The summed E-state index contributed by atoms with van der Waals surface area (Å²) in [5.74, 6) is -2.07. The molecule has 1 aliphatic heterocycles. The van der Waals surface area contributed by atoms with Gasteiger partial charge in [0.1, 0.15) is 0 Å². The fraction of sp³-hybridized carbons (Fsp3) is 0.667. The second-order valence-electron chi connectivity index (χ2n) is 2.49. The van der Waals surface area contributed by atoms with E-state index in [4.69, 9.17) is 0 Å². The van der Waals surface area contributed by atoms with E-state index < -0.39 is 34.5 Å². The van der Waals surface area contributed by atoms with Gasteiger partial charge >= 0.3 is 22.3 Å². The summed E-state index contributed by atoms with van der Waals surface area (Å²) in [5.41, 5.74) is 0. The number of methoxy groups -OCH3 is 2. The molecule has 0 aromatic carbocycles. The molecule has 0 amide bonds. The van der Waals surface area contributed by atoms with E-state index in [0.29, 0.717) is 0 Å². The molecule has 1 unspecified atom stereocenters. The van der Waals surface area contributed by atoms with Crippen LogP contribution in [0.15, 0.2) is 0 Å². The maximum absolute atomic E-state index is 11.0. The molecule has 0 aromatic heterocycles. The van der Waals surface area contributed by atoms with Crippen LogP contribution in [0.3, 0.4) is 0 Å². The fourth-order valence-electron chi connectivity index (χ4n) is 0.936. The normalized spacial score (nSPS) is 28.4. The van der Waals surface area contributed by atoms with Gasteiger partial charge in [-0.1, -0.05) is 0 Å². The highest BCUT2D eigenvalue weighted by Crippen LogP contribution is 2.22. The molecule has 0 saturated carbocycles. The minimum atomic E-state index is -4.36. The molecule has 8 nitrogen and oxygen atoms in total. The van der Waals surface area contributed by atoms with Crippen molar-refractivity contribution < 1.29 is 35.8 Å². The van der Waals surface area contributed by atoms with Crippen LogP contribution in [0.25, 0.3) is 0 Å². The van der Waals surface area contributed by atoms with Crippen LogP contribution in [-0.4, -0.2) is 46.8 Å². The first-order valence-corrected chi connectivity index (χ1v) is 5.02. The van der Waals surface area contributed by atoms with E-state index >= 15 is 0 Å². The summed E-state index contributed by atoms with van der Waals surface area (Å²) in [4.78, 5) is 22.1. The number of carbonyl (C=O) groups is 2. The van der Waals surface area contributed by atoms with Crippen LogP contribution in [0.4, 0.5) is 0 Å². The zero-order chi connectivity index (χ0) is 11.6. The molecule has 1 heterocycles. The number of esters is 2. The largest absolute Gasteiger partial charge is 0.467 e. The Kier molecular flexibility index (Phi) is 3.27. The van der Waals surface area contributed by atoms with E-state index in [-0.39, 0.29) is 0 Å². The third-order valence-electron chi connectivity index (χ3n) is 1.58. The third kappa shape index (κ3) is 2.43. The summed E-state index contributed by atoms with van der Waals surface area (Å²) in [6, 6.07) is 0. The first-order valence-electron chi connectivity index (χ1n) is 3.68. The van der Waals surface area contributed by atoms with Crippen LogP contribution in [0, 0.1) is 0 Å². The van der Waals surface area contributed by atoms with E-state index in [2.05, 4.69) is 17.8 Å². The number of hydrogen-bond donors (Lipinski definition) is 0. The number of ether oxygens (including phenoxy) is 2. The van der Waals surface area contributed by atoms with Crippen molar-refractivity contribution in [2.24, 2.45) is 0 Å². The molecule has 86 valence electrons. The summed E-state index contributed by atoms with van der Waals surface area (Å²) >= 11 is 0. The third-order valence-corrected chi connectivity index (χ3v) is 2.47. The number of carbonyl (C=O) groups excluding carboxylic acids is 2. The Bertz CT molecular complexity index is 341. The predicted molar refractivity (Wildman–Crippen MR) is 42.7 cm³/mol. The highest BCUT2D eigenvalue weighted by Gasteiger charge is 2.50. The Balaban J connectivity index is 2.93. The minimum absolute atomic E-state index is 1.02. The van der Waals surface area contributed by atoms with Crippen molar-refractivity contribution in [2.45, 2.75) is 12.2 Å². The first kappa shape index (κ1) is 11.9. The van der Waals surface area contributed by atoms with Gasteiger partial charge in [-0.25, -0.2) is 18.0 Å². The molecule has 1 saturated heterocycles. The molecular weight excluding hydrogens is 232 g/mol. The Labute approximate surface area is 85.4 Å². The van der Waals surface area contributed by atoms with Crippen molar-refractivity contribution in [2.75, 3.05) is 14.2 Å².